The predicted molar refractivity (Wildman–Crippen MR) is 131 cm³/mol. The van der Waals surface area contributed by atoms with Crippen molar-refractivity contribution in [2.75, 3.05) is 31.3 Å². The first-order valence-corrected chi connectivity index (χ1v) is 14.8. The van der Waals surface area contributed by atoms with Gasteiger partial charge in [-0.2, -0.15) is 13.2 Å². The van der Waals surface area contributed by atoms with Gasteiger partial charge in [0.05, 0.1) is 14.9 Å². The molecule has 2 unspecified atom stereocenters. The Bertz CT molecular complexity index is 910. The highest BCUT2D eigenvalue weighted by Crippen LogP contribution is 2.72. The van der Waals surface area contributed by atoms with Crippen LogP contribution in [0.2, 0.25) is 0 Å². The number of alkyl halides is 5. The minimum absolute atomic E-state index is 0.0749. The molecule has 0 aromatic carbocycles. The summed E-state index contributed by atoms with van der Waals surface area (Å²) in [6, 6.07) is 0. The van der Waals surface area contributed by atoms with Gasteiger partial charge in [-0.05, 0) is 49.9 Å². The fraction of sp³-hybridized carbons (Fsp3) is 0.880. The third-order valence-corrected chi connectivity index (χ3v) is 12.6. The van der Waals surface area contributed by atoms with E-state index in [-0.39, 0.29) is 35.5 Å². The van der Waals surface area contributed by atoms with Gasteiger partial charge < -0.3 is 14.2 Å². The molecule has 5 fully saturated rings. The molecule has 5 aliphatic rings. The molecule has 2 atom stereocenters. The van der Waals surface area contributed by atoms with Gasteiger partial charge in [0.25, 0.3) is 5.92 Å². The molecular formula is C25H33F5O6S2. The summed E-state index contributed by atoms with van der Waals surface area (Å²) in [7, 11) is 0. The van der Waals surface area contributed by atoms with Crippen LogP contribution in [0, 0.1) is 28.6 Å². The maximum atomic E-state index is 13.3. The van der Waals surface area contributed by atoms with Gasteiger partial charge in [-0.3, -0.25) is 14.4 Å². The van der Waals surface area contributed by atoms with E-state index in [1.54, 1.807) is 30.4 Å². The van der Waals surface area contributed by atoms with Gasteiger partial charge in [-0.1, -0.05) is 6.92 Å². The van der Waals surface area contributed by atoms with E-state index >= 15 is 0 Å². The van der Waals surface area contributed by atoms with Crippen molar-refractivity contribution in [2.45, 2.75) is 75.0 Å². The van der Waals surface area contributed by atoms with E-state index in [0.717, 1.165) is 12.8 Å². The van der Waals surface area contributed by atoms with E-state index in [2.05, 4.69) is 0 Å². The van der Waals surface area contributed by atoms with Crippen molar-refractivity contribution in [1.29, 1.82) is 0 Å². The summed E-state index contributed by atoms with van der Waals surface area (Å²) in [5.74, 6) is -4.05. The van der Waals surface area contributed by atoms with E-state index in [1.165, 1.54) is 0 Å². The Labute approximate surface area is 226 Å². The first-order chi connectivity index (χ1) is 17.6. The van der Waals surface area contributed by atoms with Crippen molar-refractivity contribution < 1.29 is 50.5 Å². The maximum absolute atomic E-state index is 13.3. The molecule has 4 bridgehead atoms. The molecule has 0 aromatic rings. The monoisotopic (exact) mass is 588 g/mol. The Morgan fingerprint density at radius 3 is 1.92 bits per heavy atom. The summed E-state index contributed by atoms with van der Waals surface area (Å²) in [4.78, 5) is 36.6. The molecule has 1 heterocycles. The number of carbonyl (C=O) groups is 3. The summed E-state index contributed by atoms with van der Waals surface area (Å²) in [5, 5.41) is 0. The summed E-state index contributed by atoms with van der Waals surface area (Å²) in [6.45, 7) is 1.04. The molecule has 4 saturated carbocycles. The number of carbonyl (C=O) groups excluding carboxylic acids is 3. The van der Waals surface area contributed by atoms with E-state index in [4.69, 9.17) is 14.2 Å². The Kier molecular flexibility index (Phi) is 8.32. The van der Waals surface area contributed by atoms with Crippen LogP contribution in [0.1, 0.15) is 58.8 Å². The first-order valence-electron chi connectivity index (χ1n) is 12.8. The molecule has 6 nitrogen and oxygen atoms in total. The second-order valence-electron chi connectivity index (χ2n) is 11.5. The number of hydrogen-bond donors (Lipinski definition) is 0. The van der Waals surface area contributed by atoms with Crippen LogP contribution in [0.5, 0.6) is 0 Å². The van der Waals surface area contributed by atoms with Crippen molar-refractivity contribution in [3.8, 4) is 0 Å². The molecule has 1 spiro atoms. The molecule has 0 N–H and O–H groups in total. The second kappa shape index (κ2) is 10.6. The van der Waals surface area contributed by atoms with Crippen molar-refractivity contribution in [1.82, 2.24) is 0 Å². The quantitative estimate of drug-likeness (QED) is 0.195. The van der Waals surface area contributed by atoms with Crippen LogP contribution in [0.3, 0.4) is 0 Å². The first kappa shape index (κ1) is 29.7. The van der Waals surface area contributed by atoms with Crippen LogP contribution in [0.25, 0.3) is 0 Å². The minimum atomic E-state index is -4.68. The Balaban J connectivity index is 1.45. The number of esters is 3. The summed E-state index contributed by atoms with van der Waals surface area (Å²) < 4.78 is 79.7. The fourth-order valence-corrected chi connectivity index (χ4v) is 10.7. The number of halogens is 5. The summed E-state index contributed by atoms with van der Waals surface area (Å²) in [6.07, 6.45) is -2.66. The zero-order valence-electron chi connectivity index (χ0n) is 21.4. The average molecular weight is 589 g/mol. The van der Waals surface area contributed by atoms with Gasteiger partial charge in [0.1, 0.15) is 19.6 Å². The molecule has 38 heavy (non-hydrogen) atoms. The molecule has 13 heteroatoms. The highest BCUT2D eigenvalue weighted by Gasteiger charge is 2.67. The van der Waals surface area contributed by atoms with Crippen LogP contribution < -0.4 is 0 Å². The largest absolute Gasteiger partial charge is 0.465 e. The lowest BCUT2D eigenvalue weighted by atomic mass is 9.49. The third kappa shape index (κ3) is 6.39. The highest BCUT2D eigenvalue weighted by molar-refractivity contribution is 8.18. The molecule has 0 amide bonds. The molecule has 1 aliphatic heterocycles. The predicted octanol–water partition coefficient (Wildman–Crippen LogP) is 5.62. The zero-order valence-corrected chi connectivity index (χ0v) is 23.0. The van der Waals surface area contributed by atoms with Crippen LogP contribution in [0.15, 0.2) is 0 Å². The van der Waals surface area contributed by atoms with Crippen LogP contribution in [-0.4, -0.2) is 65.4 Å². The number of rotatable bonds is 9. The third-order valence-electron chi connectivity index (χ3n) is 8.14. The lowest BCUT2D eigenvalue weighted by molar-refractivity contribution is -0.180. The van der Waals surface area contributed by atoms with Gasteiger partial charge in [0.15, 0.2) is 6.61 Å². The van der Waals surface area contributed by atoms with Gasteiger partial charge >= 0.3 is 24.1 Å². The lowest BCUT2D eigenvalue weighted by Crippen LogP contribution is -2.62. The molecule has 0 aromatic heterocycles. The van der Waals surface area contributed by atoms with E-state index < -0.39 is 53.9 Å². The topological polar surface area (TPSA) is 78.9 Å². The SMILES string of the molecule is CCC(=O)OCC1(COC(=O)CC(F)(F)F)CSC2(SC1)C1CC3CC2CC(C(=O)OCC(C)(F)F)(C3)C1. The van der Waals surface area contributed by atoms with Crippen molar-refractivity contribution in [3.63, 3.8) is 0 Å². The van der Waals surface area contributed by atoms with Gasteiger partial charge in [0.2, 0.25) is 0 Å². The average Bonchev–Trinajstić information content (AvgIpc) is 2.82. The minimum Gasteiger partial charge on any atom is -0.465 e. The summed E-state index contributed by atoms with van der Waals surface area (Å²) in [5.41, 5.74) is -1.60. The zero-order chi connectivity index (χ0) is 28.0. The molecule has 216 valence electrons. The Morgan fingerprint density at radius 1 is 0.868 bits per heavy atom. The smallest absolute Gasteiger partial charge is 0.399 e. The lowest BCUT2D eigenvalue weighted by Gasteiger charge is -2.65. The van der Waals surface area contributed by atoms with Gasteiger partial charge in [0, 0.05) is 24.9 Å². The maximum Gasteiger partial charge on any atom is 0.399 e. The number of thioether (sulfide) groups is 2. The van der Waals surface area contributed by atoms with Crippen molar-refractivity contribution >= 4 is 41.4 Å². The second-order valence-corrected chi connectivity index (χ2v) is 14.3. The molecule has 4 aliphatic carbocycles. The number of hydrogen-bond acceptors (Lipinski definition) is 8. The van der Waals surface area contributed by atoms with Gasteiger partial charge in [-0.15, -0.1) is 23.5 Å². The standard InChI is InChI=1S/C25H33F5O6S2/c1-3-18(31)34-11-22(12-35-19(32)9-24(28,29)30)13-37-25(38-14-22)16-4-15-5-17(25)8-23(6-15,7-16)20(33)36-10-21(2,26)27/h15-17H,3-14H2,1-2H3. The Morgan fingerprint density at radius 2 is 1.42 bits per heavy atom. The normalized spacial score (nSPS) is 36.2. The van der Waals surface area contributed by atoms with Crippen LogP contribution in [0.4, 0.5) is 22.0 Å². The molecule has 1 saturated heterocycles. The summed E-state index contributed by atoms with van der Waals surface area (Å²) >= 11 is 3.29. The van der Waals surface area contributed by atoms with Crippen LogP contribution in [-0.2, 0) is 28.6 Å². The van der Waals surface area contributed by atoms with E-state index in [0.29, 0.717) is 43.6 Å². The molecular weight excluding hydrogens is 555 g/mol. The highest BCUT2D eigenvalue weighted by atomic mass is 32.2. The Hall–Kier alpha value is -1.24. The van der Waals surface area contributed by atoms with E-state index in [9.17, 15) is 36.3 Å². The van der Waals surface area contributed by atoms with Gasteiger partial charge in [-0.25, -0.2) is 8.78 Å². The fourth-order valence-electron chi connectivity index (χ4n) is 6.60. The van der Waals surface area contributed by atoms with Crippen LogP contribution >= 0.6 is 23.5 Å². The molecule has 0 radical (unpaired) electrons. The van der Waals surface area contributed by atoms with Crippen molar-refractivity contribution in [3.05, 3.63) is 0 Å². The molecule has 5 rings (SSSR count). The van der Waals surface area contributed by atoms with E-state index in [1.807, 2.05) is 0 Å². The van der Waals surface area contributed by atoms with Crippen molar-refractivity contribution in [2.24, 2.45) is 28.6 Å². The number of ether oxygens (including phenoxy) is 3.